The number of nitriles is 1. The number of carbonyl (C=O) groups is 1. The molecule has 42 heavy (non-hydrogen) atoms. The van der Waals surface area contributed by atoms with E-state index >= 15 is 0 Å². The van der Waals surface area contributed by atoms with E-state index in [1.54, 1.807) is 36.4 Å². The number of carboxylic acids is 1. The van der Waals surface area contributed by atoms with E-state index in [1.807, 2.05) is 18.2 Å². The number of pyridine rings is 1. The lowest BCUT2D eigenvalue weighted by Crippen LogP contribution is -2.37. The van der Waals surface area contributed by atoms with E-state index in [1.165, 1.54) is 6.07 Å². The summed E-state index contributed by atoms with van der Waals surface area (Å²) < 4.78 is 27.9. The van der Waals surface area contributed by atoms with Crippen LogP contribution >= 0.6 is 0 Å². The molecule has 0 aliphatic carbocycles. The smallest absolute Gasteiger partial charge is 0.335 e. The van der Waals surface area contributed by atoms with E-state index in [0.717, 1.165) is 61.5 Å². The van der Waals surface area contributed by atoms with Crippen molar-refractivity contribution in [1.82, 2.24) is 19.4 Å². The lowest BCUT2D eigenvalue weighted by Gasteiger charge is -2.36. The van der Waals surface area contributed by atoms with Crippen LogP contribution in [0.1, 0.15) is 71.1 Å². The van der Waals surface area contributed by atoms with E-state index in [4.69, 9.17) is 24.7 Å². The lowest BCUT2D eigenvalue weighted by molar-refractivity contribution is -0.0594. The molecule has 2 aromatic carbocycles. The third-order valence-corrected chi connectivity index (χ3v) is 8.38. The summed E-state index contributed by atoms with van der Waals surface area (Å²) in [4.78, 5) is 23.7. The first kappa shape index (κ1) is 27.8. The molecule has 4 heterocycles. The highest BCUT2D eigenvalue weighted by molar-refractivity contribution is 5.92. The molecule has 9 nitrogen and oxygen atoms in total. The van der Waals surface area contributed by atoms with Gasteiger partial charge in [0.1, 0.15) is 18.2 Å². The van der Waals surface area contributed by atoms with E-state index in [0.29, 0.717) is 18.0 Å². The van der Waals surface area contributed by atoms with Crippen molar-refractivity contribution in [3.63, 3.8) is 0 Å². The highest BCUT2D eigenvalue weighted by Crippen LogP contribution is 2.34. The molecule has 0 spiro atoms. The molecular formula is C32H32FN5O4. The third kappa shape index (κ3) is 5.71. The Morgan fingerprint density at radius 3 is 2.67 bits per heavy atom. The molecule has 0 amide bonds. The van der Waals surface area contributed by atoms with Gasteiger partial charge >= 0.3 is 5.97 Å². The number of hydrogen-bond acceptors (Lipinski definition) is 7. The van der Waals surface area contributed by atoms with E-state index in [9.17, 15) is 14.3 Å². The first-order chi connectivity index (χ1) is 20.4. The van der Waals surface area contributed by atoms with Crippen LogP contribution in [0.3, 0.4) is 0 Å². The fraction of sp³-hybridized carbons (Fsp3) is 0.375. The van der Waals surface area contributed by atoms with Crippen LogP contribution in [0.25, 0.3) is 11.0 Å². The first-order valence-electron chi connectivity index (χ1n) is 14.3. The fourth-order valence-corrected chi connectivity index (χ4v) is 5.79. The number of nitrogens with zero attached hydrogens (tertiary/aromatic N) is 5. The number of piperidine rings is 1. The highest BCUT2D eigenvalue weighted by Gasteiger charge is 2.30. The van der Waals surface area contributed by atoms with Crippen molar-refractivity contribution in [3.05, 3.63) is 88.6 Å². The fourth-order valence-electron chi connectivity index (χ4n) is 5.79. The Kier molecular flexibility index (Phi) is 7.87. The molecular weight excluding hydrogens is 537 g/mol. The Labute approximate surface area is 243 Å². The summed E-state index contributed by atoms with van der Waals surface area (Å²) in [5, 5.41) is 18.5. The summed E-state index contributed by atoms with van der Waals surface area (Å²) in [6.45, 7) is 5.32. The molecule has 0 radical (unpaired) electrons. The lowest BCUT2D eigenvalue weighted by atomic mass is 9.92. The summed E-state index contributed by atoms with van der Waals surface area (Å²) in [6.07, 6.45) is 2.93. The summed E-state index contributed by atoms with van der Waals surface area (Å²) in [7, 11) is 0. The van der Waals surface area contributed by atoms with Crippen LogP contribution in [0, 0.1) is 17.1 Å². The van der Waals surface area contributed by atoms with Crippen molar-refractivity contribution in [3.8, 4) is 11.9 Å². The number of hydrogen-bond donors (Lipinski definition) is 1. The monoisotopic (exact) mass is 569 g/mol. The SMILES string of the molecule is C[C@@H](c1nc2ccc(C(=O)O)cc2n1CC1CCO1)N1CCC(c2cccc(OCc3ccc(C#N)cc3F)n2)CC1. The number of benzene rings is 2. The van der Waals surface area contributed by atoms with Crippen LogP contribution in [0.5, 0.6) is 5.88 Å². The zero-order valence-corrected chi connectivity index (χ0v) is 23.4. The van der Waals surface area contributed by atoms with Gasteiger partial charge in [-0.3, -0.25) is 4.90 Å². The van der Waals surface area contributed by atoms with E-state index in [-0.39, 0.29) is 35.8 Å². The minimum absolute atomic E-state index is 0.0325. The molecule has 216 valence electrons. The van der Waals surface area contributed by atoms with Crippen LogP contribution in [-0.2, 0) is 17.9 Å². The number of ether oxygens (including phenoxy) is 2. The molecule has 4 aromatic rings. The second kappa shape index (κ2) is 11.9. The quantitative estimate of drug-likeness (QED) is 0.283. The zero-order valence-electron chi connectivity index (χ0n) is 23.4. The molecule has 0 saturated carbocycles. The van der Waals surface area contributed by atoms with Crippen molar-refractivity contribution in [1.29, 1.82) is 5.26 Å². The number of rotatable bonds is 9. The first-order valence-corrected chi connectivity index (χ1v) is 14.3. The number of imidazole rings is 1. The van der Waals surface area contributed by atoms with Gasteiger partial charge in [-0.05, 0) is 75.7 Å². The molecule has 6 rings (SSSR count). The van der Waals surface area contributed by atoms with Crippen molar-refractivity contribution in [2.24, 2.45) is 0 Å². The van der Waals surface area contributed by atoms with Gasteiger partial charge in [0, 0.05) is 29.8 Å². The Balaban J connectivity index is 1.13. The molecule has 2 aliphatic rings. The minimum Gasteiger partial charge on any atom is -0.478 e. The maximum absolute atomic E-state index is 14.3. The van der Waals surface area contributed by atoms with E-state index in [2.05, 4.69) is 16.4 Å². The Morgan fingerprint density at radius 1 is 1.17 bits per heavy atom. The number of likely N-dealkylation sites (tertiary alicyclic amines) is 1. The van der Waals surface area contributed by atoms with Gasteiger partial charge in [0.25, 0.3) is 0 Å². The predicted octanol–water partition coefficient (Wildman–Crippen LogP) is 5.45. The normalized spacial score (nSPS) is 18.4. The maximum Gasteiger partial charge on any atom is 0.335 e. The Hall–Kier alpha value is -4.33. The third-order valence-electron chi connectivity index (χ3n) is 8.38. The van der Waals surface area contributed by atoms with Gasteiger partial charge in [-0.25, -0.2) is 19.2 Å². The van der Waals surface area contributed by atoms with Gasteiger partial charge in [0.2, 0.25) is 5.88 Å². The molecule has 2 aliphatic heterocycles. The van der Waals surface area contributed by atoms with E-state index < -0.39 is 11.8 Å². The van der Waals surface area contributed by atoms with Crippen LogP contribution in [0.4, 0.5) is 4.39 Å². The molecule has 2 saturated heterocycles. The van der Waals surface area contributed by atoms with Gasteiger partial charge in [0.15, 0.2) is 0 Å². The Morgan fingerprint density at radius 2 is 1.98 bits per heavy atom. The minimum atomic E-state index is -0.953. The van der Waals surface area contributed by atoms with Gasteiger partial charge in [-0.15, -0.1) is 0 Å². The second-order valence-electron chi connectivity index (χ2n) is 11.0. The highest BCUT2D eigenvalue weighted by atomic mass is 19.1. The van der Waals surface area contributed by atoms with Crippen molar-refractivity contribution in [2.75, 3.05) is 19.7 Å². The molecule has 0 bridgehead atoms. The summed E-state index contributed by atoms with van der Waals surface area (Å²) in [6, 6.07) is 17.1. The van der Waals surface area contributed by atoms with Gasteiger partial charge in [0.05, 0.1) is 46.9 Å². The predicted molar refractivity (Wildman–Crippen MR) is 153 cm³/mol. The summed E-state index contributed by atoms with van der Waals surface area (Å²) in [5.74, 6) is 0.210. The van der Waals surface area contributed by atoms with Gasteiger partial charge in [-0.1, -0.05) is 12.1 Å². The number of carboxylic acid groups (broad SMARTS) is 1. The summed E-state index contributed by atoms with van der Waals surface area (Å²) in [5.41, 5.74) is 3.46. The van der Waals surface area contributed by atoms with Crippen LogP contribution in [-0.4, -0.2) is 56.3 Å². The summed E-state index contributed by atoms with van der Waals surface area (Å²) >= 11 is 0. The zero-order chi connectivity index (χ0) is 29.2. The topological polar surface area (TPSA) is 113 Å². The van der Waals surface area contributed by atoms with Crippen molar-refractivity contribution in [2.45, 2.75) is 57.4 Å². The number of halogens is 1. The average molecular weight is 570 g/mol. The number of aromatic carboxylic acids is 1. The van der Waals surface area contributed by atoms with Crippen molar-refractivity contribution >= 4 is 17.0 Å². The van der Waals surface area contributed by atoms with Gasteiger partial charge < -0.3 is 19.1 Å². The maximum atomic E-state index is 14.3. The Bertz CT molecular complexity index is 1650. The largest absolute Gasteiger partial charge is 0.478 e. The van der Waals surface area contributed by atoms with Crippen LogP contribution in [0.2, 0.25) is 0 Å². The van der Waals surface area contributed by atoms with Crippen LogP contribution in [0.15, 0.2) is 54.6 Å². The average Bonchev–Trinajstić information content (AvgIpc) is 3.35. The molecule has 2 aromatic heterocycles. The van der Waals surface area contributed by atoms with Crippen LogP contribution < -0.4 is 4.74 Å². The molecule has 2 fully saturated rings. The number of aromatic nitrogens is 3. The van der Waals surface area contributed by atoms with Crippen molar-refractivity contribution < 1.29 is 23.8 Å². The number of fused-ring (bicyclic) bond motifs is 1. The molecule has 1 unspecified atom stereocenters. The molecule has 10 heteroatoms. The standard InChI is InChI=1S/C32H32FN5O4/c1-20(31-36-28-8-7-23(32(39)40)16-29(28)38(31)18-25-11-14-41-25)37-12-9-22(10-13-37)27-3-2-4-30(35-27)42-19-24-6-5-21(17-34)15-26(24)33/h2-8,15-16,20,22,25H,9-14,18-19H2,1H3,(H,39,40)/t20-,25?/m0/s1. The van der Waals surface area contributed by atoms with Gasteiger partial charge in [-0.2, -0.15) is 5.26 Å². The molecule has 1 N–H and O–H groups in total. The second-order valence-corrected chi connectivity index (χ2v) is 11.0. The molecule has 2 atom stereocenters.